The average Bonchev–Trinajstić information content (AvgIpc) is 1.63. The molecule has 0 saturated heterocycles. The van der Waals surface area contributed by atoms with E-state index in [1.54, 1.807) is 67.6 Å². The fraction of sp³-hybridized carbons (Fsp3) is 0.534. The van der Waals surface area contributed by atoms with Crippen molar-refractivity contribution >= 4 is 76.6 Å². The van der Waals surface area contributed by atoms with Crippen LogP contribution in [0.1, 0.15) is 93.0 Å². The fourth-order valence-corrected chi connectivity index (χ4v) is 11.4. The lowest BCUT2D eigenvalue weighted by Gasteiger charge is -2.31. The van der Waals surface area contributed by atoms with E-state index in [1.807, 2.05) is 20.0 Å². The molecule has 0 bridgehead atoms. The molecule has 572 valence electrons. The molecule has 5 atom stereocenters. The minimum absolute atomic E-state index is 0.0171. The quantitative estimate of drug-likeness (QED) is 0.0383. The Labute approximate surface area is 609 Å². The van der Waals surface area contributed by atoms with Gasteiger partial charge in [-0.2, -0.15) is 0 Å². The second kappa shape index (κ2) is 41.9. The molecule has 9 amide bonds. The minimum atomic E-state index is -1.55. The third-order valence-corrected chi connectivity index (χ3v) is 17.0. The van der Waals surface area contributed by atoms with Gasteiger partial charge >= 0.3 is 6.09 Å². The number of imide groups is 1. The minimum Gasteiger partial charge on any atom is -0.493 e. The molecule has 5 aliphatic rings. The third kappa shape index (κ3) is 24.3. The van der Waals surface area contributed by atoms with Gasteiger partial charge in [-0.1, -0.05) is 37.1 Å². The highest BCUT2D eigenvalue weighted by molar-refractivity contribution is 6.13. The number of aliphatic hydroxyl groups is 1. The van der Waals surface area contributed by atoms with E-state index in [2.05, 4.69) is 26.3 Å². The Kier molecular flexibility index (Phi) is 32.5. The Morgan fingerprint density at radius 3 is 1.68 bits per heavy atom. The summed E-state index contributed by atoms with van der Waals surface area (Å²) in [6, 6.07) is 9.68. The average molecular weight is 1470 g/mol. The molecule has 5 heterocycles. The van der Waals surface area contributed by atoms with Crippen LogP contribution in [0.5, 0.6) is 23.0 Å². The molecule has 0 fully saturated rings. The summed E-state index contributed by atoms with van der Waals surface area (Å²) >= 11 is 0. The predicted molar refractivity (Wildman–Crippen MR) is 379 cm³/mol. The summed E-state index contributed by atoms with van der Waals surface area (Å²) in [6.07, 6.45) is 6.43. The van der Waals surface area contributed by atoms with Crippen LogP contribution in [0.15, 0.2) is 89.2 Å². The number of carbonyl (C=O) groups excluding carboxylic acids is 9. The molecule has 32 heteroatoms. The molecular formula is C73H97N9O23. The SMILES string of the molecule is COc1cc2c(cc1OCCCOc1cc3c(cc1OC)C(=O)N1C=C(C)C[C@H]1[C@H](O)N3C(=O)OCc1ccc(NC(=O)[C@H](C)NC(=O)[C@@H](NC(=O)CCOCCOCCOCCOCCOCCOCCOCCOCCNC(=O)CCN3C(=O)C=CC3=O)C(C)C)cc1)N=C[C@@H]1CC(C)=CN1C2=O. The number of methoxy groups -OCH3 is 2. The lowest BCUT2D eigenvalue weighted by molar-refractivity contribution is -0.137. The van der Waals surface area contributed by atoms with Gasteiger partial charge in [0.25, 0.3) is 23.6 Å². The third-order valence-electron chi connectivity index (χ3n) is 17.0. The van der Waals surface area contributed by atoms with Crippen LogP contribution >= 0.6 is 0 Å². The van der Waals surface area contributed by atoms with Crippen molar-refractivity contribution in [3.8, 4) is 23.0 Å². The maximum Gasteiger partial charge on any atom is 0.416 e. The number of anilines is 2. The number of fused-ring (bicyclic) bond motifs is 4. The molecule has 5 N–H and O–H groups in total. The summed E-state index contributed by atoms with van der Waals surface area (Å²) in [4.78, 5) is 126. The number of benzene rings is 3. The van der Waals surface area contributed by atoms with E-state index in [0.29, 0.717) is 139 Å². The molecule has 3 aromatic carbocycles. The number of amides is 9. The van der Waals surface area contributed by atoms with E-state index in [4.69, 9.17) is 61.6 Å². The molecule has 0 saturated carbocycles. The number of hydrogen-bond donors (Lipinski definition) is 5. The van der Waals surface area contributed by atoms with Gasteiger partial charge in [0, 0.05) is 80.9 Å². The monoisotopic (exact) mass is 1470 g/mol. The van der Waals surface area contributed by atoms with Gasteiger partial charge in [0.2, 0.25) is 23.6 Å². The van der Waals surface area contributed by atoms with Crippen molar-refractivity contribution in [2.24, 2.45) is 10.9 Å². The first-order valence-corrected chi connectivity index (χ1v) is 35.0. The van der Waals surface area contributed by atoms with E-state index in [9.17, 15) is 48.3 Å². The number of nitrogens with zero attached hydrogens (tertiary/aromatic N) is 5. The van der Waals surface area contributed by atoms with Crippen LogP contribution < -0.4 is 45.1 Å². The van der Waals surface area contributed by atoms with Gasteiger partial charge in [0.1, 0.15) is 18.7 Å². The molecule has 3 aromatic rings. The molecule has 0 radical (unpaired) electrons. The van der Waals surface area contributed by atoms with Gasteiger partial charge in [-0.05, 0) is 69.4 Å². The zero-order valence-electron chi connectivity index (χ0n) is 60.5. The second-order valence-electron chi connectivity index (χ2n) is 25.2. The van der Waals surface area contributed by atoms with Crippen molar-refractivity contribution in [1.82, 2.24) is 30.7 Å². The van der Waals surface area contributed by atoms with Crippen LogP contribution in [0.4, 0.5) is 21.9 Å². The number of rotatable bonds is 46. The number of nitrogens with one attached hydrogen (secondary N) is 4. The van der Waals surface area contributed by atoms with Crippen LogP contribution in [0.25, 0.3) is 0 Å². The number of aliphatic hydroxyl groups excluding tert-OH is 1. The maximum atomic E-state index is 14.3. The molecule has 105 heavy (non-hydrogen) atoms. The highest BCUT2D eigenvalue weighted by Crippen LogP contribution is 2.43. The molecule has 0 unspecified atom stereocenters. The van der Waals surface area contributed by atoms with Crippen molar-refractivity contribution in [3.05, 3.63) is 101 Å². The topological polar surface area (TPSA) is 367 Å². The molecule has 0 aromatic heterocycles. The smallest absolute Gasteiger partial charge is 0.416 e. The summed E-state index contributed by atoms with van der Waals surface area (Å²) in [5.41, 5.74) is 3.72. The molecule has 5 aliphatic heterocycles. The Balaban J connectivity index is 0.654. The maximum absolute atomic E-state index is 14.3. The number of aliphatic imine (C=N–C) groups is 1. The second-order valence-corrected chi connectivity index (χ2v) is 25.2. The van der Waals surface area contributed by atoms with E-state index >= 15 is 0 Å². The van der Waals surface area contributed by atoms with Gasteiger partial charge in [0.05, 0.1) is 168 Å². The summed E-state index contributed by atoms with van der Waals surface area (Å²) in [7, 11) is 2.91. The largest absolute Gasteiger partial charge is 0.493 e. The predicted octanol–water partition coefficient (Wildman–Crippen LogP) is 4.52. The fourth-order valence-electron chi connectivity index (χ4n) is 11.4. The Morgan fingerprint density at radius 1 is 0.581 bits per heavy atom. The standard InChI is InChI=1S/C73H97N9O23/c1-47(2)67(78-64(84)16-21-95-23-25-97-27-29-99-31-33-101-35-36-102-34-32-100-30-28-98-26-24-96-22-17-74-63(83)15-18-79-65(85)13-14-66(79)86)69(88)76-50(5)68(87)77-52-11-9-51(10-12-52)46-105-73(92)82-57-42-62(60(94-7)40-55(57)71(90)81-45-49(4)38-58(81)72(82)91)104-20-8-19-103-61-41-56-54(39-59(61)93-6)70(89)80-44-48(3)37-53(80)43-75-56/h9-14,39-45,47,50,53,58,67,72,91H,8,15-38,46H2,1-7H3,(H,74,83)(H,76,88)(H,77,87)(H,78,84)/t50-,53-,58-,67-,72-/m0/s1. The number of ether oxygens (including phenoxy) is 13. The van der Waals surface area contributed by atoms with Crippen molar-refractivity contribution in [2.45, 2.75) is 104 Å². The summed E-state index contributed by atoms with van der Waals surface area (Å²) in [6.45, 7) is 14.6. The van der Waals surface area contributed by atoms with Gasteiger partial charge in [-0.25, -0.2) is 9.69 Å². The molecule has 8 rings (SSSR count). The summed E-state index contributed by atoms with van der Waals surface area (Å²) in [5, 5.41) is 22.8. The Bertz CT molecular complexity index is 3590. The van der Waals surface area contributed by atoms with Crippen LogP contribution in [0.3, 0.4) is 0 Å². The molecule has 32 nitrogen and oxygen atoms in total. The summed E-state index contributed by atoms with van der Waals surface area (Å²) in [5.74, 6) is -2.49. The Hall–Kier alpha value is -9.38. The zero-order valence-corrected chi connectivity index (χ0v) is 60.5. The van der Waals surface area contributed by atoms with E-state index in [1.165, 1.54) is 50.3 Å². The van der Waals surface area contributed by atoms with E-state index < -0.39 is 65.9 Å². The van der Waals surface area contributed by atoms with Gasteiger partial charge < -0.3 is 97.8 Å². The zero-order chi connectivity index (χ0) is 75.2. The van der Waals surface area contributed by atoms with Crippen molar-refractivity contribution in [1.29, 1.82) is 0 Å². The van der Waals surface area contributed by atoms with E-state index in [-0.39, 0.29) is 112 Å². The highest BCUT2D eigenvalue weighted by atomic mass is 16.6. The first kappa shape index (κ1) is 81.3. The van der Waals surface area contributed by atoms with Crippen LogP contribution in [0.2, 0.25) is 0 Å². The van der Waals surface area contributed by atoms with Gasteiger partial charge in [-0.3, -0.25) is 48.2 Å². The van der Waals surface area contributed by atoms with Gasteiger partial charge in [0.15, 0.2) is 29.2 Å². The van der Waals surface area contributed by atoms with Gasteiger partial charge in [-0.15, -0.1) is 0 Å². The van der Waals surface area contributed by atoms with Crippen molar-refractivity contribution in [3.63, 3.8) is 0 Å². The normalized spacial score (nSPS) is 17.1. The lowest BCUT2D eigenvalue weighted by Crippen LogP contribution is -2.53. The highest BCUT2D eigenvalue weighted by Gasteiger charge is 2.45. The summed E-state index contributed by atoms with van der Waals surface area (Å²) < 4.78 is 73.5. The molecule has 0 aliphatic carbocycles. The van der Waals surface area contributed by atoms with Crippen LogP contribution in [0, 0.1) is 5.92 Å². The molecular weight excluding hydrogens is 1370 g/mol. The van der Waals surface area contributed by atoms with Crippen LogP contribution in [-0.4, -0.2) is 256 Å². The number of hydrogen-bond acceptors (Lipinski definition) is 24. The van der Waals surface area contributed by atoms with Crippen molar-refractivity contribution in [2.75, 3.05) is 156 Å². The van der Waals surface area contributed by atoms with E-state index in [0.717, 1.165) is 20.9 Å². The van der Waals surface area contributed by atoms with Crippen LogP contribution in [-0.2, 0) is 78.0 Å². The lowest BCUT2D eigenvalue weighted by atomic mass is 10.0. The Morgan fingerprint density at radius 2 is 1.10 bits per heavy atom. The van der Waals surface area contributed by atoms with Crippen molar-refractivity contribution < 1.29 is 110 Å². The number of carbonyl (C=O) groups is 9. The molecule has 0 spiro atoms. The first-order valence-electron chi connectivity index (χ1n) is 35.0. The first-order chi connectivity index (χ1) is 50.7.